The molecule has 15 heavy (non-hydrogen) atoms. The molecule has 0 unspecified atom stereocenters. The summed E-state index contributed by atoms with van der Waals surface area (Å²) in [7, 11) is 1.56. The molecule has 0 aromatic heterocycles. The van der Waals surface area contributed by atoms with Gasteiger partial charge in [0.05, 0.1) is 12.8 Å². The van der Waals surface area contributed by atoms with Gasteiger partial charge in [-0.15, -0.1) is 0 Å². The molecule has 1 N–H and O–H groups in total. The van der Waals surface area contributed by atoms with Crippen LogP contribution in [0.2, 0.25) is 0 Å². The van der Waals surface area contributed by atoms with Crippen molar-refractivity contribution in [3.8, 4) is 5.75 Å². The van der Waals surface area contributed by atoms with Crippen molar-refractivity contribution in [2.24, 2.45) is 0 Å². The van der Waals surface area contributed by atoms with E-state index in [1.165, 1.54) is 6.08 Å². The predicted octanol–water partition coefficient (Wildman–Crippen LogP) is 2.89. The van der Waals surface area contributed by atoms with Crippen LogP contribution in [0.5, 0.6) is 5.75 Å². The Balaban J connectivity index is 3.14. The standard InChI is InChI=1S/C11H12BrNO2/c1-4-10(14)13-11-7(2)5-8(12)6-9(11)15-3/h4-6H,1H2,2-3H3,(H,13,14). The number of benzene rings is 1. The van der Waals surface area contributed by atoms with Crippen LogP contribution in [-0.2, 0) is 4.79 Å². The number of hydrogen-bond acceptors (Lipinski definition) is 2. The van der Waals surface area contributed by atoms with E-state index < -0.39 is 0 Å². The molecule has 4 heteroatoms. The SMILES string of the molecule is C=CC(=O)Nc1c(C)cc(Br)cc1OC. The highest BCUT2D eigenvalue weighted by Gasteiger charge is 2.09. The Kier molecular flexibility index (Phi) is 3.91. The lowest BCUT2D eigenvalue weighted by molar-refractivity contribution is -0.111. The Morgan fingerprint density at radius 3 is 2.80 bits per heavy atom. The summed E-state index contributed by atoms with van der Waals surface area (Å²) in [6.45, 7) is 5.29. The highest BCUT2D eigenvalue weighted by molar-refractivity contribution is 9.10. The number of ether oxygens (including phenoxy) is 1. The Morgan fingerprint density at radius 1 is 1.60 bits per heavy atom. The van der Waals surface area contributed by atoms with E-state index >= 15 is 0 Å². The molecule has 1 rings (SSSR count). The zero-order valence-electron chi connectivity index (χ0n) is 8.63. The maximum absolute atomic E-state index is 11.2. The van der Waals surface area contributed by atoms with E-state index in [0.717, 1.165) is 10.0 Å². The number of carbonyl (C=O) groups excluding carboxylic acids is 1. The molecule has 0 saturated heterocycles. The molecule has 0 heterocycles. The van der Waals surface area contributed by atoms with Crippen LogP contribution in [0.1, 0.15) is 5.56 Å². The summed E-state index contributed by atoms with van der Waals surface area (Å²) in [4.78, 5) is 11.2. The largest absolute Gasteiger partial charge is 0.495 e. The molecule has 0 bridgehead atoms. The van der Waals surface area contributed by atoms with Crippen molar-refractivity contribution < 1.29 is 9.53 Å². The number of amides is 1. The molecule has 3 nitrogen and oxygen atoms in total. The predicted molar refractivity (Wildman–Crippen MR) is 64.3 cm³/mol. The molecule has 0 aliphatic heterocycles. The average molecular weight is 270 g/mol. The topological polar surface area (TPSA) is 38.3 Å². The van der Waals surface area contributed by atoms with Gasteiger partial charge in [-0.25, -0.2) is 0 Å². The van der Waals surface area contributed by atoms with E-state index in [-0.39, 0.29) is 5.91 Å². The smallest absolute Gasteiger partial charge is 0.247 e. The quantitative estimate of drug-likeness (QED) is 0.857. The fourth-order valence-electron chi connectivity index (χ4n) is 1.21. The number of methoxy groups -OCH3 is 1. The van der Waals surface area contributed by atoms with Gasteiger partial charge in [0.15, 0.2) is 0 Å². The van der Waals surface area contributed by atoms with Crippen LogP contribution in [0.3, 0.4) is 0 Å². The number of anilines is 1. The van der Waals surface area contributed by atoms with Crippen LogP contribution in [0.4, 0.5) is 5.69 Å². The zero-order chi connectivity index (χ0) is 11.4. The lowest BCUT2D eigenvalue weighted by atomic mass is 10.2. The fourth-order valence-corrected chi connectivity index (χ4v) is 1.76. The summed E-state index contributed by atoms with van der Waals surface area (Å²) < 4.78 is 6.08. The number of rotatable bonds is 3. The molecule has 0 radical (unpaired) electrons. The third kappa shape index (κ3) is 2.83. The molecule has 0 aliphatic rings. The third-order valence-corrected chi connectivity index (χ3v) is 2.38. The maximum atomic E-state index is 11.2. The van der Waals surface area contributed by atoms with Crippen molar-refractivity contribution >= 4 is 27.5 Å². The monoisotopic (exact) mass is 269 g/mol. The number of halogens is 1. The van der Waals surface area contributed by atoms with Crippen LogP contribution in [-0.4, -0.2) is 13.0 Å². The minimum absolute atomic E-state index is 0.251. The molecule has 0 saturated carbocycles. The van der Waals surface area contributed by atoms with E-state index in [4.69, 9.17) is 4.74 Å². The van der Waals surface area contributed by atoms with Crippen molar-refractivity contribution in [1.82, 2.24) is 0 Å². The highest BCUT2D eigenvalue weighted by atomic mass is 79.9. The first-order valence-corrected chi connectivity index (χ1v) is 5.15. The van der Waals surface area contributed by atoms with E-state index in [1.54, 1.807) is 13.2 Å². The second kappa shape index (κ2) is 4.98. The van der Waals surface area contributed by atoms with Gasteiger partial charge in [0, 0.05) is 4.47 Å². The molecule has 1 aromatic carbocycles. The summed E-state index contributed by atoms with van der Waals surface area (Å²) in [6.07, 6.45) is 1.22. The highest BCUT2D eigenvalue weighted by Crippen LogP contribution is 2.31. The van der Waals surface area contributed by atoms with E-state index in [0.29, 0.717) is 11.4 Å². The lowest BCUT2D eigenvalue weighted by Gasteiger charge is -2.12. The normalized spacial score (nSPS) is 9.53. The van der Waals surface area contributed by atoms with Crippen molar-refractivity contribution in [2.45, 2.75) is 6.92 Å². The minimum Gasteiger partial charge on any atom is -0.495 e. The van der Waals surface area contributed by atoms with Gasteiger partial charge in [-0.1, -0.05) is 22.5 Å². The summed E-state index contributed by atoms with van der Waals surface area (Å²) >= 11 is 3.36. The van der Waals surface area contributed by atoms with Crippen LogP contribution in [0.15, 0.2) is 29.3 Å². The van der Waals surface area contributed by atoms with Gasteiger partial charge in [0.1, 0.15) is 5.75 Å². The van der Waals surface area contributed by atoms with E-state index in [1.807, 2.05) is 13.0 Å². The van der Waals surface area contributed by atoms with Gasteiger partial charge in [0.25, 0.3) is 0 Å². The van der Waals surface area contributed by atoms with Gasteiger partial charge >= 0.3 is 0 Å². The zero-order valence-corrected chi connectivity index (χ0v) is 10.2. The van der Waals surface area contributed by atoms with Crippen LogP contribution < -0.4 is 10.1 Å². The van der Waals surface area contributed by atoms with Crippen LogP contribution >= 0.6 is 15.9 Å². The molecule has 0 atom stereocenters. The summed E-state index contributed by atoms with van der Waals surface area (Å²) in [6, 6.07) is 3.70. The summed E-state index contributed by atoms with van der Waals surface area (Å²) in [5.74, 6) is 0.371. The number of hydrogen-bond donors (Lipinski definition) is 1. The van der Waals surface area contributed by atoms with Crippen LogP contribution in [0, 0.1) is 6.92 Å². The van der Waals surface area contributed by atoms with Crippen molar-refractivity contribution in [3.63, 3.8) is 0 Å². The second-order valence-corrected chi connectivity index (χ2v) is 3.91. The van der Waals surface area contributed by atoms with Crippen molar-refractivity contribution in [3.05, 3.63) is 34.8 Å². The first-order valence-electron chi connectivity index (χ1n) is 4.36. The number of nitrogens with one attached hydrogen (secondary N) is 1. The van der Waals surface area contributed by atoms with Gasteiger partial charge in [-0.3, -0.25) is 4.79 Å². The molecule has 0 aliphatic carbocycles. The first kappa shape index (κ1) is 11.8. The minimum atomic E-state index is -0.251. The van der Waals surface area contributed by atoms with Gasteiger partial charge in [-0.2, -0.15) is 0 Å². The van der Waals surface area contributed by atoms with Crippen molar-refractivity contribution in [2.75, 3.05) is 12.4 Å². The number of aryl methyl sites for hydroxylation is 1. The molecule has 0 spiro atoms. The second-order valence-electron chi connectivity index (χ2n) is 2.99. The van der Waals surface area contributed by atoms with Gasteiger partial charge in [0.2, 0.25) is 5.91 Å². The first-order chi connectivity index (χ1) is 7.08. The maximum Gasteiger partial charge on any atom is 0.247 e. The molecule has 0 fully saturated rings. The Bertz CT molecular complexity index is 402. The summed E-state index contributed by atoms with van der Waals surface area (Å²) in [5.41, 5.74) is 1.60. The van der Waals surface area contributed by atoms with Gasteiger partial charge in [-0.05, 0) is 30.7 Å². The molecular formula is C11H12BrNO2. The summed E-state index contributed by atoms with van der Waals surface area (Å²) in [5, 5.41) is 2.70. The average Bonchev–Trinajstić information content (AvgIpc) is 2.21. The fraction of sp³-hybridized carbons (Fsp3) is 0.182. The molecule has 80 valence electrons. The Morgan fingerprint density at radius 2 is 2.27 bits per heavy atom. The molecular weight excluding hydrogens is 258 g/mol. The molecule has 1 amide bonds. The van der Waals surface area contributed by atoms with Crippen LogP contribution in [0.25, 0.3) is 0 Å². The number of carbonyl (C=O) groups is 1. The Hall–Kier alpha value is -1.29. The van der Waals surface area contributed by atoms with Crippen molar-refractivity contribution in [1.29, 1.82) is 0 Å². The third-order valence-electron chi connectivity index (χ3n) is 1.92. The lowest BCUT2D eigenvalue weighted by Crippen LogP contribution is -2.09. The van der Waals surface area contributed by atoms with E-state index in [2.05, 4.69) is 27.8 Å². The Labute approximate surface area is 97.3 Å². The molecule has 1 aromatic rings. The van der Waals surface area contributed by atoms with E-state index in [9.17, 15) is 4.79 Å². The van der Waals surface area contributed by atoms with Gasteiger partial charge < -0.3 is 10.1 Å².